The summed E-state index contributed by atoms with van der Waals surface area (Å²) >= 11 is 0. The van der Waals surface area contributed by atoms with Gasteiger partial charge in [-0.3, -0.25) is 4.72 Å². The van der Waals surface area contributed by atoms with E-state index in [1.165, 1.54) is 0 Å². The minimum atomic E-state index is -3.63. The van der Waals surface area contributed by atoms with Crippen molar-refractivity contribution in [1.82, 2.24) is 0 Å². The Labute approximate surface area is 137 Å². The molecule has 2 aromatic carbocycles. The monoisotopic (exact) mass is 328 g/mol. The van der Waals surface area contributed by atoms with Crippen LogP contribution >= 0.6 is 0 Å². The summed E-state index contributed by atoms with van der Waals surface area (Å²) in [5, 5.41) is 8.76. The minimum absolute atomic E-state index is 0.0167. The molecule has 1 N–H and O–H groups in total. The van der Waals surface area contributed by atoms with Crippen molar-refractivity contribution in [2.24, 2.45) is 0 Å². The summed E-state index contributed by atoms with van der Waals surface area (Å²) in [5.74, 6) is 0. The van der Waals surface area contributed by atoms with E-state index in [4.69, 9.17) is 5.26 Å². The first-order valence-corrected chi connectivity index (χ1v) is 8.90. The van der Waals surface area contributed by atoms with Gasteiger partial charge >= 0.3 is 0 Å². The summed E-state index contributed by atoms with van der Waals surface area (Å²) in [7, 11) is -3.63. The lowest BCUT2D eigenvalue weighted by Crippen LogP contribution is -2.16. The Hall–Kier alpha value is -2.32. The first-order chi connectivity index (χ1) is 10.8. The number of benzene rings is 2. The second kappa shape index (κ2) is 6.43. The topological polar surface area (TPSA) is 70.0 Å². The Morgan fingerprint density at radius 3 is 2.09 bits per heavy atom. The van der Waals surface area contributed by atoms with Gasteiger partial charge in [0.15, 0.2) is 0 Å². The molecule has 0 fully saturated rings. The maximum atomic E-state index is 12.4. The van der Waals surface area contributed by atoms with Crippen molar-refractivity contribution in [1.29, 1.82) is 5.26 Å². The van der Waals surface area contributed by atoms with Crippen LogP contribution in [-0.4, -0.2) is 8.42 Å². The van der Waals surface area contributed by atoms with Crippen LogP contribution in [0.4, 0.5) is 5.69 Å². The number of sulfonamides is 1. The van der Waals surface area contributed by atoms with Gasteiger partial charge in [-0.15, -0.1) is 0 Å². The summed E-state index contributed by atoms with van der Waals surface area (Å²) < 4.78 is 27.3. The number of rotatable bonds is 5. The van der Waals surface area contributed by atoms with Gasteiger partial charge in [0.1, 0.15) is 0 Å². The molecule has 2 aromatic rings. The van der Waals surface area contributed by atoms with Gasteiger partial charge in [0.25, 0.3) is 10.0 Å². The largest absolute Gasteiger partial charge is 0.280 e. The van der Waals surface area contributed by atoms with Gasteiger partial charge in [0, 0.05) is 5.69 Å². The molecule has 23 heavy (non-hydrogen) atoms. The zero-order valence-corrected chi connectivity index (χ0v) is 14.3. The van der Waals surface area contributed by atoms with Crippen LogP contribution in [0.3, 0.4) is 0 Å². The van der Waals surface area contributed by atoms with E-state index < -0.39 is 10.0 Å². The van der Waals surface area contributed by atoms with E-state index in [2.05, 4.69) is 25.5 Å². The normalized spacial score (nSPS) is 11.7. The SMILES string of the molecule is CCC(C)(C)c1ccc(S(=O)(=O)Nc2ccc(C#N)cc2)cc1. The van der Waals surface area contributed by atoms with E-state index in [-0.39, 0.29) is 10.3 Å². The highest BCUT2D eigenvalue weighted by atomic mass is 32.2. The third-order valence-corrected chi connectivity index (χ3v) is 5.49. The van der Waals surface area contributed by atoms with Crippen molar-refractivity contribution in [3.63, 3.8) is 0 Å². The summed E-state index contributed by atoms with van der Waals surface area (Å²) in [6, 6.07) is 15.3. The van der Waals surface area contributed by atoms with Gasteiger partial charge in [-0.2, -0.15) is 5.26 Å². The van der Waals surface area contributed by atoms with E-state index in [0.29, 0.717) is 11.3 Å². The maximum absolute atomic E-state index is 12.4. The lowest BCUT2D eigenvalue weighted by Gasteiger charge is -2.23. The van der Waals surface area contributed by atoms with E-state index in [1.54, 1.807) is 36.4 Å². The smallest absolute Gasteiger partial charge is 0.261 e. The third-order valence-electron chi connectivity index (χ3n) is 4.10. The second-order valence-electron chi connectivity index (χ2n) is 6.06. The van der Waals surface area contributed by atoms with E-state index in [0.717, 1.165) is 12.0 Å². The summed E-state index contributed by atoms with van der Waals surface area (Å²) in [6.07, 6.45) is 0.975. The molecular weight excluding hydrogens is 308 g/mol. The van der Waals surface area contributed by atoms with Gasteiger partial charge < -0.3 is 0 Å². The fourth-order valence-electron chi connectivity index (χ4n) is 2.12. The van der Waals surface area contributed by atoms with Gasteiger partial charge in [-0.05, 0) is 53.8 Å². The van der Waals surface area contributed by atoms with Crippen LogP contribution in [0.1, 0.15) is 38.3 Å². The number of nitrogens with one attached hydrogen (secondary N) is 1. The van der Waals surface area contributed by atoms with Gasteiger partial charge in [-0.1, -0.05) is 32.9 Å². The highest BCUT2D eigenvalue weighted by Crippen LogP contribution is 2.27. The molecule has 0 radical (unpaired) electrons. The predicted molar refractivity (Wildman–Crippen MR) is 91.7 cm³/mol. The lowest BCUT2D eigenvalue weighted by atomic mass is 9.82. The molecular formula is C18H20N2O2S. The Morgan fingerprint density at radius 1 is 1.04 bits per heavy atom. The molecule has 2 rings (SSSR count). The molecule has 0 unspecified atom stereocenters. The first kappa shape index (κ1) is 17.0. The Kier molecular flexibility index (Phi) is 4.76. The van der Waals surface area contributed by atoms with Crippen LogP contribution in [0.15, 0.2) is 53.4 Å². The van der Waals surface area contributed by atoms with Crippen molar-refractivity contribution in [3.8, 4) is 6.07 Å². The third kappa shape index (κ3) is 3.91. The van der Waals surface area contributed by atoms with Gasteiger partial charge in [0.05, 0.1) is 16.5 Å². The zero-order chi connectivity index (χ0) is 17.1. The molecule has 0 heterocycles. The van der Waals surface area contributed by atoms with Crippen molar-refractivity contribution in [2.75, 3.05) is 4.72 Å². The second-order valence-corrected chi connectivity index (χ2v) is 7.74. The van der Waals surface area contributed by atoms with Crippen molar-refractivity contribution >= 4 is 15.7 Å². The molecule has 0 aromatic heterocycles. The average molecular weight is 328 g/mol. The molecule has 0 spiro atoms. The van der Waals surface area contributed by atoms with Gasteiger partial charge in [0.2, 0.25) is 0 Å². The number of nitriles is 1. The van der Waals surface area contributed by atoms with Crippen LogP contribution in [0.2, 0.25) is 0 Å². The molecule has 0 aliphatic carbocycles. The number of nitrogens with zero attached hydrogens (tertiary/aromatic N) is 1. The molecule has 0 saturated carbocycles. The van der Waals surface area contributed by atoms with Crippen molar-refractivity contribution in [2.45, 2.75) is 37.5 Å². The van der Waals surface area contributed by atoms with E-state index >= 15 is 0 Å². The molecule has 0 amide bonds. The molecule has 0 bridgehead atoms. The molecule has 0 saturated heterocycles. The fourth-order valence-corrected chi connectivity index (χ4v) is 3.17. The van der Waals surface area contributed by atoms with Crippen molar-refractivity contribution in [3.05, 3.63) is 59.7 Å². The van der Waals surface area contributed by atoms with Crippen LogP contribution in [0.5, 0.6) is 0 Å². The minimum Gasteiger partial charge on any atom is -0.280 e. The van der Waals surface area contributed by atoms with Crippen LogP contribution in [0, 0.1) is 11.3 Å². The molecule has 0 aliphatic heterocycles. The van der Waals surface area contributed by atoms with Crippen LogP contribution < -0.4 is 4.72 Å². The number of anilines is 1. The summed E-state index contributed by atoms with van der Waals surface area (Å²) in [6.45, 7) is 6.37. The number of hydrogen-bond donors (Lipinski definition) is 1. The summed E-state index contributed by atoms with van der Waals surface area (Å²) in [5.41, 5.74) is 2.04. The molecule has 5 heteroatoms. The van der Waals surface area contributed by atoms with Crippen LogP contribution in [0.25, 0.3) is 0 Å². The van der Waals surface area contributed by atoms with E-state index in [1.807, 2.05) is 18.2 Å². The van der Waals surface area contributed by atoms with E-state index in [9.17, 15) is 8.42 Å². The number of hydrogen-bond acceptors (Lipinski definition) is 3. The fraction of sp³-hybridized carbons (Fsp3) is 0.278. The van der Waals surface area contributed by atoms with Gasteiger partial charge in [-0.25, -0.2) is 8.42 Å². The Balaban J connectivity index is 2.24. The molecule has 0 aliphatic rings. The lowest BCUT2D eigenvalue weighted by molar-refractivity contribution is 0.506. The maximum Gasteiger partial charge on any atom is 0.261 e. The highest BCUT2D eigenvalue weighted by molar-refractivity contribution is 7.92. The molecule has 4 nitrogen and oxygen atoms in total. The average Bonchev–Trinajstić information content (AvgIpc) is 2.55. The Morgan fingerprint density at radius 2 is 1.61 bits per heavy atom. The van der Waals surface area contributed by atoms with Crippen LogP contribution in [-0.2, 0) is 15.4 Å². The highest BCUT2D eigenvalue weighted by Gasteiger charge is 2.20. The Bertz CT molecular complexity index is 815. The first-order valence-electron chi connectivity index (χ1n) is 7.42. The zero-order valence-electron chi connectivity index (χ0n) is 13.5. The molecule has 120 valence electrons. The molecule has 0 atom stereocenters. The standard InChI is InChI=1S/C18H20N2O2S/c1-4-18(2,3)15-7-11-17(12-8-15)23(21,22)20-16-9-5-14(13-19)6-10-16/h5-12,20H,4H2,1-3H3. The van der Waals surface area contributed by atoms with Crippen molar-refractivity contribution < 1.29 is 8.42 Å². The predicted octanol–water partition coefficient (Wildman–Crippen LogP) is 4.05. The quantitative estimate of drug-likeness (QED) is 0.900. The summed E-state index contributed by atoms with van der Waals surface area (Å²) in [4.78, 5) is 0.220.